The molecule has 7 heteroatoms. The van der Waals surface area contributed by atoms with Gasteiger partial charge >= 0.3 is 12.1 Å². The molecule has 7 nitrogen and oxygen atoms in total. The van der Waals surface area contributed by atoms with Crippen molar-refractivity contribution >= 4 is 18.0 Å². The number of carbonyl (C=O) groups excluding carboxylic acids is 2. The van der Waals surface area contributed by atoms with Crippen molar-refractivity contribution in [3.63, 3.8) is 0 Å². The summed E-state index contributed by atoms with van der Waals surface area (Å²) in [6.45, 7) is 0.750. The maximum Gasteiger partial charge on any atom is 0.407 e. The smallest absolute Gasteiger partial charge is 0.407 e. The fraction of sp³-hybridized carbons (Fsp3) is 0.400. The van der Waals surface area contributed by atoms with Gasteiger partial charge in [0.25, 0.3) is 0 Å². The summed E-state index contributed by atoms with van der Waals surface area (Å²) in [4.78, 5) is 37.8. The third-order valence-electron chi connectivity index (χ3n) is 7.04. The maximum absolute atomic E-state index is 12.6. The normalized spacial score (nSPS) is 23.8. The molecule has 1 saturated heterocycles. The molecule has 1 saturated carbocycles. The second-order valence-corrected chi connectivity index (χ2v) is 8.85. The molecular formula is C25H26N2O5. The number of likely N-dealkylation sites (tertiary alicyclic amines) is 1. The van der Waals surface area contributed by atoms with Gasteiger partial charge in [-0.2, -0.15) is 0 Å². The first-order chi connectivity index (χ1) is 15.5. The van der Waals surface area contributed by atoms with Crippen LogP contribution in [0.3, 0.4) is 0 Å². The molecule has 3 aliphatic rings. The highest BCUT2D eigenvalue weighted by atomic mass is 16.5. The lowest BCUT2D eigenvalue weighted by molar-refractivity contribution is -0.159. The van der Waals surface area contributed by atoms with E-state index in [0.717, 1.165) is 11.1 Å². The van der Waals surface area contributed by atoms with Gasteiger partial charge in [-0.3, -0.25) is 4.79 Å². The molecule has 1 aliphatic heterocycles. The number of ether oxygens (including phenoxy) is 1. The molecule has 166 valence electrons. The number of alkyl carbamates (subject to hydrolysis) is 1. The lowest BCUT2D eigenvalue weighted by atomic mass is 9.98. The van der Waals surface area contributed by atoms with E-state index in [1.165, 1.54) is 16.0 Å². The van der Waals surface area contributed by atoms with Crippen LogP contribution < -0.4 is 5.32 Å². The molecule has 0 aromatic heterocycles. The number of benzene rings is 2. The van der Waals surface area contributed by atoms with Gasteiger partial charge in [-0.25, -0.2) is 9.59 Å². The molecule has 3 unspecified atom stereocenters. The Bertz CT molecular complexity index is 1020. The first-order valence-corrected chi connectivity index (χ1v) is 11.2. The minimum Gasteiger partial charge on any atom is -0.480 e. The van der Waals surface area contributed by atoms with Crippen LogP contribution in [0.4, 0.5) is 4.79 Å². The Morgan fingerprint density at radius 3 is 2.22 bits per heavy atom. The predicted octanol–water partition coefficient (Wildman–Crippen LogP) is 3.38. The van der Waals surface area contributed by atoms with E-state index >= 15 is 0 Å². The van der Waals surface area contributed by atoms with E-state index < -0.39 is 18.1 Å². The number of nitrogens with one attached hydrogen (secondary N) is 1. The summed E-state index contributed by atoms with van der Waals surface area (Å²) >= 11 is 0. The van der Waals surface area contributed by atoms with Gasteiger partial charge in [-0.05, 0) is 47.9 Å². The highest BCUT2D eigenvalue weighted by molar-refractivity contribution is 5.87. The lowest BCUT2D eigenvalue weighted by Crippen LogP contribution is -2.56. The number of rotatable bonds is 5. The number of nitrogens with zero attached hydrogens (tertiary/aromatic N) is 1. The SMILES string of the molecule is O=C(NC1CCC(C(=O)N2CCC2C(=O)O)C1)OCC1c2ccccc2-c2ccccc21. The zero-order chi connectivity index (χ0) is 22.2. The van der Waals surface area contributed by atoms with Crippen LogP contribution in [0.1, 0.15) is 42.7 Å². The van der Waals surface area contributed by atoms with Crippen LogP contribution in [0.15, 0.2) is 48.5 Å². The van der Waals surface area contributed by atoms with E-state index in [9.17, 15) is 19.5 Å². The molecule has 32 heavy (non-hydrogen) atoms. The van der Waals surface area contributed by atoms with E-state index in [1.54, 1.807) is 0 Å². The molecule has 3 atom stereocenters. The van der Waals surface area contributed by atoms with Gasteiger partial charge in [0, 0.05) is 24.4 Å². The molecule has 2 aromatic carbocycles. The monoisotopic (exact) mass is 434 g/mol. The molecule has 1 heterocycles. The first kappa shape index (κ1) is 20.5. The zero-order valence-corrected chi connectivity index (χ0v) is 17.7. The molecule has 2 aromatic rings. The molecule has 2 fully saturated rings. The topological polar surface area (TPSA) is 95.9 Å². The van der Waals surface area contributed by atoms with Crippen molar-refractivity contribution in [2.75, 3.05) is 13.2 Å². The fourth-order valence-electron chi connectivity index (χ4n) is 5.29. The number of amides is 2. The maximum atomic E-state index is 12.6. The molecule has 2 aliphatic carbocycles. The van der Waals surface area contributed by atoms with Gasteiger partial charge in [0.2, 0.25) is 5.91 Å². The van der Waals surface area contributed by atoms with Crippen LogP contribution in [-0.4, -0.2) is 53.2 Å². The standard InChI is InChI=1S/C25H26N2O5/c28-23(27-12-11-22(27)24(29)30)15-9-10-16(13-15)26-25(31)32-14-21-19-7-3-1-5-17(19)18-6-2-4-8-20(18)21/h1-8,15-16,21-22H,9-14H2,(H,26,31)(H,29,30). The van der Waals surface area contributed by atoms with Crippen molar-refractivity contribution in [2.24, 2.45) is 5.92 Å². The van der Waals surface area contributed by atoms with Crippen molar-refractivity contribution in [3.8, 4) is 11.1 Å². The molecule has 0 bridgehead atoms. The first-order valence-electron chi connectivity index (χ1n) is 11.2. The summed E-state index contributed by atoms with van der Waals surface area (Å²) in [7, 11) is 0. The summed E-state index contributed by atoms with van der Waals surface area (Å²) in [6.07, 6.45) is 1.89. The molecule has 0 spiro atoms. The van der Waals surface area contributed by atoms with Crippen molar-refractivity contribution in [1.29, 1.82) is 0 Å². The van der Waals surface area contributed by atoms with Crippen molar-refractivity contribution in [3.05, 3.63) is 59.7 Å². The highest BCUT2D eigenvalue weighted by Gasteiger charge is 2.42. The van der Waals surface area contributed by atoms with E-state index in [4.69, 9.17) is 4.74 Å². The summed E-state index contributed by atoms with van der Waals surface area (Å²) in [5.41, 5.74) is 4.69. The molecule has 2 amide bonds. The van der Waals surface area contributed by atoms with E-state index in [0.29, 0.717) is 32.2 Å². The number of carboxylic acids is 1. The highest BCUT2D eigenvalue weighted by Crippen LogP contribution is 2.44. The second kappa shape index (κ2) is 8.30. The van der Waals surface area contributed by atoms with Gasteiger partial charge in [0.15, 0.2) is 0 Å². The van der Waals surface area contributed by atoms with Gasteiger partial charge in [0.1, 0.15) is 12.6 Å². The molecule has 2 N–H and O–H groups in total. The number of hydrogen-bond acceptors (Lipinski definition) is 4. The van der Waals surface area contributed by atoms with Crippen LogP contribution in [0, 0.1) is 5.92 Å². The quantitative estimate of drug-likeness (QED) is 0.752. The predicted molar refractivity (Wildman–Crippen MR) is 117 cm³/mol. The molecule has 0 radical (unpaired) electrons. The van der Waals surface area contributed by atoms with E-state index in [2.05, 4.69) is 29.6 Å². The Kier molecular flexibility index (Phi) is 5.33. The van der Waals surface area contributed by atoms with Gasteiger partial charge < -0.3 is 20.1 Å². The third-order valence-corrected chi connectivity index (χ3v) is 7.04. The number of carbonyl (C=O) groups is 3. The minimum absolute atomic E-state index is 0.00502. The molecular weight excluding hydrogens is 408 g/mol. The fourth-order valence-corrected chi connectivity index (χ4v) is 5.29. The summed E-state index contributed by atoms with van der Waals surface area (Å²) < 4.78 is 5.60. The molecule has 5 rings (SSSR count). The lowest BCUT2D eigenvalue weighted by Gasteiger charge is -2.39. The Hall–Kier alpha value is -3.35. The Labute approximate surface area is 186 Å². The average molecular weight is 434 g/mol. The average Bonchev–Trinajstić information content (AvgIpc) is 3.34. The Morgan fingerprint density at radius 2 is 1.62 bits per heavy atom. The summed E-state index contributed by atoms with van der Waals surface area (Å²) in [5, 5.41) is 12.1. The van der Waals surface area contributed by atoms with Crippen LogP contribution >= 0.6 is 0 Å². The van der Waals surface area contributed by atoms with E-state index in [1.807, 2.05) is 24.3 Å². The third kappa shape index (κ3) is 3.61. The Balaban J connectivity index is 1.16. The van der Waals surface area contributed by atoms with Gasteiger partial charge in [-0.15, -0.1) is 0 Å². The minimum atomic E-state index is -0.948. The summed E-state index contributed by atoms with van der Waals surface area (Å²) in [6, 6.07) is 15.5. The number of fused-ring (bicyclic) bond motifs is 3. The van der Waals surface area contributed by atoms with Gasteiger partial charge in [-0.1, -0.05) is 48.5 Å². The number of carboxylic acid groups (broad SMARTS) is 1. The van der Waals surface area contributed by atoms with E-state index in [-0.39, 0.29) is 30.4 Å². The van der Waals surface area contributed by atoms with Gasteiger partial charge in [0.05, 0.1) is 0 Å². The Morgan fingerprint density at radius 1 is 0.969 bits per heavy atom. The van der Waals surface area contributed by atoms with Crippen LogP contribution in [-0.2, 0) is 14.3 Å². The second-order valence-electron chi connectivity index (χ2n) is 8.85. The van der Waals surface area contributed by atoms with Crippen molar-refractivity contribution in [1.82, 2.24) is 10.2 Å². The van der Waals surface area contributed by atoms with Crippen LogP contribution in [0.5, 0.6) is 0 Å². The number of hydrogen-bond donors (Lipinski definition) is 2. The van der Waals surface area contributed by atoms with Crippen molar-refractivity contribution < 1.29 is 24.2 Å². The van der Waals surface area contributed by atoms with Crippen LogP contribution in [0.25, 0.3) is 11.1 Å². The van der Waals surface area contributed by atoms with Crippen molar-refractivity contribution in [2.45, 2.75) is 43.7 Å². The largest absolute Gasteiger partial charge is 0.480 e. The van der Waals surface area contributed by atoms with Crippen LogP contribution in [0.2, 0.25) is 0 Å². The number of aliphatic carboxylic acids is 1. The zero-order valence-electron chi connectivity index (χ0n) is 17.7. The summed E-state index contributed by atoms with van der Waals surface area (Å²) in [5.74, 6) is -1.29.